The second kappa shape index (κ2) is 8.08. The van der Waals surface area contributed by atoms with Crippen molar-refractivity contribution in [3.8, 4) is 11.7 Å². The van der Waals surface area contributed by atoms with Crippen molar-refractivity contribution in [2.45, 2.75) is 32.7 Å². The van der Waals surface area contributed by atoms with Crippen molar-refractivity contribution in [1.29, 1.82) is 0 Å². The van der Waals surface area contributed by atoms with E-state index in [1.54, 1.807) is 18.2 Å². The van der Waals surface area contributed by atoms with E-state index in [1.165, 1.54) is 0 Å². The summed E-state index contributed by atoms with van der Waals surface area (Å²) in [5.41, 5.74) is 5.39. The molecular weight excluding hydrogens is 438 g/mol. The number of phenols is 1. The average molecular weight is 464 g/mol. The summed E-state index contributed by atoms with van der Waals surface area (Å²) in [7, 11) is -3.41. The van der Waals surface area contributed by atoms with Gasteiger partial charge in [0.15, 0.2) is 0 Å². The lowest BCUT2D eigenvalue weighted by Gasteiger charge is -2.14. The second-order valence-electron chi connectivity index (χ2n) is 8.41. The molecule has 170 valence electrons. The zero-order chi connectivity index (χ0) is 23.2. The zero-order valence-electron chi connectivity index (χ0n) is 18.5. The van der Waals surface area contributed by atoms with Gasteiger partial charge in [0.25, 0.3) is 0 Å². The van der Waals surface area contributed by atoms with Gasteiger partial charge in [0.2, 0.25) is 16.0 Å². The van der Waals surface area contributed by atoms with Crippen LogP contribution in [0.15, 0.2) is 48.5 Å². The number of nitrogens with one attached hydrogen (secondary N) is 2. The molecule has 33 heavy (non-hydrogen) atoms. The fourth-order valence-electron chi connectivity index (χ4n) is 4.44. The van der Waals surface area contributed by atoms with Crippen LogP contribution in [0.2, 0.25) is 0 Å². The van der Waals surface area contributed by atoms with Crippen LogP contribution < -0.4 is 10.0 Å². The van der Waals surface area contributed by atoms with E-state index < -0.39 is 10.0 Å². The van der Waals surface area contributed by atoms with Crippen LogP contribution in [0.4, 0.5) is 11.5 Å². The lowest BCUT2D eigenvalue weighted by atomic mass is 10.2. The lowest BCUT2D eigenvalue weighted by molar-refractivity contribution is 0.474. The Kier molecular flexibility index (Phi) is 5.20. The Morgan fingerprint density at radius 1 is 1.09 bits per heavy atom. The van der Waals surface area contributed by atoms with Gasteiger partial charge >= 0.3 is 0 Å². The predicted octanol–water partition coefficient (Wildman–Crippen LogP) is 3.91. The topological polar surface area (TPSA) is 109 Å². The molecule has 1 aliphatic carbocycles. The number of phenolic OH excluding ortho intramolecular Hbond substituents is 1. The molecule has 0 unspecified atom stereocenters. The van der Waals surface area contributed by atoms with Crippen LogP contribution in [-0.4, -0.2) is 34.3 Å². The summed E-state index contributed by atoms with van der Waals surface area (Å²) >= 11 is 0. The Morgan fingerprint density at radius 3 is 2.70 bits per heavy atom. The molecule has 0 spiro atoms. The third-order valence-electron chi connectivity index (χ3n) is 5.82. The molecule has 3 N–H and O–H groups in total. The number of aromatic hydroxyl groups is 1. The van der Waals surface area contributed by atoms with Gasteiger partial charge in [-0.25, -0.2) is 13.4 Å². The number of sulfonamides is 1. The standard InChI is InChI=1S/C24H25N5O3S/c1-15-12-19-21(28-33(2,31)32)10-5-11-22(19)29(15)24-26-20-9-4-8-18(20)23(27-24)25-14-16-6-3-7-17(30)13-16/h3,5-7,10-13,28,30H,4,8-9,14H2,1-2H3,(H,25,26,27). The van der Waals surface area contributed by atoms with Gasteiger partial charge in [0.05, 0.1) is 23.2 Å². The first-order valence-corrected chi connectivity index (χ1v) is 12.7. The molecule has 5 rings (SSSR count). The van der Waals surface area contributed by atoms with Gasteiger partial charge < -0.3 is 10.4 Å². The van der Waals surface area contributed by atoms with E-state index in [4.69, 9.17) is 9.97 Å². The first kappa shape index (κ1) is 21.3. The molecule has 2 aromatic heterocycles. The molecule has 4 aromatic rings. The number of anilines is 2. The second-order valence-corrected chi connectivity index (χ2v) is 10.2. The van der Waals surface area contributed by atoms with Gasteiger partial charge in [0.1, 0.15) is 11.6 Å². The maximum Gasteiger partial charge on any atom is 0.236 e. The Hall–Kier alpha value is -3.59. The Balaban J connectivity index is 1.58. The van der Waals surface area contributed by atoms with Crippen LogP contribution in [0.3, 0.4) is 0 Å². The van der Waals surface area contributed by atoms with E-state index >= 15 is 0 Å². The first-order chi connectivity index (χ1) is 15.8. The highest BCUT2D eigenvalue weighted by Crippen LogP contribution is 2.32. The number of aromatic nitrogens is 3. The van der Waals surface area contributed by atoms with Crippen molar-refractivity contribution >= 4 is 32.4 Å². The van der Waals surface area contributed by atoms with Crippen molar-refractivity contribution in [3.63, 3.8) is 0 Å². The van der Waals surface area contributed by atoms with Gasteiger partial charge in [-0.2, -0.15) is 4.98 Å². The van der Waals surface area contributed by atoms with Gasteiger partial charge in [-0.3, -0.25) is 9.29 Å². The van der Waals surface area contributed by atoms with Crippen molar-refractivity contribution in [2.75, 3.05) is 16.3 Å². The Bertz CT molecular complexity index is 1480. The SMILES string of the molecule is Cc1cc2c(NS(C)(=O)=O)cccc2n1-c1nc2c(c(NCc3cccc(O)c3)n1)CCC2. The summed E-state index contributed by atoms with van der Waals surface area (Å²) in [6, 6.07) is 14.6. The summed E-state index contributed by atoms with van der Waals surface area (Å²) in [5, 5.41) is 14.0. The number of hydrogen-bond donors (Lipinski definition) is 3. The molecular formula is C24H25N5O3S. The number of rotatable bonds is 6. The van der Waals surface area contributed by atoms with Gasteiger partial charge in [-0.05, 0) is 62.1 Å². The van der Waals surface area contributed by atoms with Crippen molar-refractivity contribution in [3.05, 3.63) is 71.0 Å². The molecule has 0 bridgehead atoms. The highest BCUT2D eigenvalue weighted by atomic mass is 32.2. The van der Waals surface area contributed by atoms with Crippen LogP contribution >= 0.6 is 0 Å². The highest BCUT2D eigenvalue weighted by molar-refractivity contribution is 7.92. The minimum atomic E-state index is -3.41. The fraction of sp³-hybridized carbons (Fsp3) is 0.250. The summed E-state index contributed by atoms with van der Waals surface area (Å²) in [6.45, 7) is 2.49. The fourth-order valence-corrected chi connectivity index (χ4v) is 5.01. The van der Waals surface area contributed by atoms with Crippen molar-refractivity contribution in [1.82, 2.24) is 14.5 Å². The number of hydrogen-bond acceptors (Lipinski definition) is 6. The number of nitrogens with zero attached hydrogens (tertiary/aromatic N) is 3. The average Bonchev–Trinajstić information content (AvgIpc) is 3.35. The lowest BCUT2D eigenvalue weighted by Crippen LogP contribution is -2.11. The molecule has 0 amide bonds. The monoisotopic (exact) mass is 463 g/mol. The summed E-state index contributed by atoms with van der Waals surface area (Å²) in [6.07, 6.45) is 3.99. The molecule has 0 fully saturated rings. The molecule has 9 heteroatoms. The largest absolute Gasteiger partial charge is 0.508 e. The maximum absolute atomic E-state index is 11.8. The van der Waals surface area contributed by atoms with Crippen LogP contribution in [0.1, 0.15) is 28.9 Å². The van der Waals surface area contributed by atoms with Crippen LogP contribution in [-0.2, 0) is 29.4 Å². The van der Waals surface area contributed by atoms with Crippen molar-refractivity contribution < 1.29 is 13.5 Å². The maximum atomic E-state index is 11.8. The van der Waals surface area contributed by atoms with Crippen molar-refractivity contribution in [2.24, 2.45) is 0 Å². The molecule has 0 saturated heterocycles. The number of aryl methyl sites for hydroxylation is 2. The van der Waals surface area contributed by atoms with Crippen LogP contribution in [0.5, 0.6) is 5.75 Å². The van der Waals surface area contributed by atoms with E-state index in [0.717, 1.165) is 64.8 Å². The summed E-state index contributed by atoms with van der Waals surface area (Å²) < 4.78 is 28.2. The Labute approximate surface area is 192 Å². The normalized spacial score (nSPS) is 13.3. The van der Waals surface area contributed by atoms with E-state index in [9.17, 15) is 13.5 Å². The zero-order valence-corrected chi connectivity index (χ0v) is 19.3. The van der Waals surface area contributed by atoms with Crippen LogP contribution in [0, 0.1) is 6.92 Å². The molecule has 0 aliphatic heterocycles. The molecule has 1 aliphatic rings. The highest BCUT2D eigenvalue weighted by Gasteiger charge is 2.22. The molecule has 2 heterocycles. The van der Waals surface area contributed by atoms with Crippen LogP contribution in [0.25, 0.3) is 16.9 Å². The summed E-state index contributed by atoms with van der Waals surface area (Å²) in [5.74, 6) is 1.58. The smallest absolute Gasteiger partial charge is 0.236 e. The van der Waals surface area contributed by atoms with Gasteiger partial charge in [-0.1, -0.05) is 18.2 Å². The quantitative estimate of drug-likeness (QED) is 0.400. The van der Waals surface area contributed by atoms with E-state index in [1.807, 2.05) is 41.8 Å². The van der Waals surface area contributed by atoms with E-state index in [2.05, 4.69) is 10.0 Å². The van der Waals surface area contributed by atoms with Gasteiger partial charge in [0, 0.05) is 23.2 Å². The number of benzene rings is 2. The Morgan fingerprint density at radius 2 is 1.91 bits per heavy atom. The minimum absolute atomic E-state index is 0.232. The molecule has 8 nitrogen and oxygen atoms in total. The van der Waals surface area contributed by atoms with E-state index in [-0.39, 0.29) is 5.75 Å². The molecule has 2 aromatic carbocycles. The first-order valence-electron chi connectivity index (χ1n) is 10.8. The summed E-state index contributed by atoms with van der Waals surface area (Å²) in [4.78, 5) is 9.75. The van der Waals surface area contributed by atoms with E-state index in [0.29, 0.717) is 18.2 Å². The predicted molar refractivity (Wildman–Crippen MR) is 130 cm³/mol. The molecule has 0 atom stereocenters. The van der Waals surface area contributed by atoms with Gasteiger partial charge in [-0.15, -0.1) is 0 Å². The third kappa shape index (κ3) is 4.23. The molecule has 0 saturated carbocycles. The third-order valence-corrected chi connectivity index (χ3v) is 6.41. The molecule has 0 radical (unpaired) electrons. The minimum Gasteiger partial charge on any atom is -0.508 e. The number of fused-ring (bicyclic) bond motifs is 2.